The van der Waals surface area contributed by atoms with E-state index in [0.29, 0.717) is 19.3 Å². The summed E-state index contributed by atoms with van der Waals surface area (Å²) < 4.78 is 0. The number of fused-ring (bicyclic) bond motifs is 5. The Morgan fingerprint density at radius 3 is 2.14 bits per heavy atom. The van der Waals surface area contributed by atoms with Gasteiger partial charge in [0.1, 0.15) is 6.07 Å². The summed E-state index contributed by atoms with van der Waals surface area (Å²) in [5.74, 6) is -0.899. The highest BCUT2D eigenvalue weighted by Gasteiger charge is 2.65. The molecule has 5 heteroatoms. The minimum Gasteiger partial charge on any atom is -0.481 e. The number of carbonyl (C=O) groups excluding carboxylic acids is 2. The van der Waals surface area contributed by atoms with Crippen molar-refractivity contribution in [2.75, 3.05) is 0 Å². The molecule has 5 nitrogen and oxygen atoms in total. The molecule has 4 rings (SSSR count). The largest absolute Gasteiger partial charge is 0.481 e. The monoisotopic (exact) mass is 507 g/mol. The Kier molecular flexibility index (Phi) is 6.30. The van der Waals surface area contributed by atoms with Crippen LogP contribution in [0.5, 0.6) is 0 Å². The van der Waals surface area contributed by atoms with Crippen LogP contribution >= 0.6 is 0 Å². The highest BCUT2D eigenvalue weighted by Crippen LogP contribution is 2.70. The summed E-state index contributed by atoms with van der Waals surface area (Å²) in [5, 5.41) is 20.1. The Morgan fingerprint density at radius 2 is 1.54 bits per heavy atom. The third-order valence-corrected chi connectivity index (χ3v) is 11.9. The van der Waals surface area contributed by atoms with Crippen LogP contribution in [0.25, 0.3) is 0 Å². The first-order valence-electron chi connectivity index (χ1n) is 14.1. The molecule has 1 N–H and O–H groups in total. The van der Waals surface area contributed by atoms with E-state index in [4.69, 9.17) is 0 Å². The second-order valence-corrected chi connectivity index (χ2v) is 14.9. The van der Waals surface area contributed by atoms with Crippen molar-refractivity contribution in [3.63, 3.8) is 0 Å². The molecule has 0 heterocycles. The van der Waals surface area contributed by atoms with Gasteiger partial charge in [-0.15, -0.1) is 0 Å². The van der Waals surface area contributed by atoms with Crippen molar-refractivity contribution in [2.45, 2.75) is 107 Å². The Bertz CT molecular complexity index is 1150. The average Bonchev–Trinajstić information content (AvgIpc) is 2.80. The number of rotatable bonds is 1. The van der Waals surface area contributed by atoms with E-state index in [2.05, 4.69) is 40.7 Å². The van der Waals surface area contributed by atoms with Gasteiger partial charge in [-0.2, -0.15) is 5.26 Å². The van der Waals surface area contributed by atoms with Crippen molar-refractivity contribution in [1.82, 2.24) is 0 Å². The normalized spacial score (nSPS) is 43.2. The maximum Gasteiger partial charge on any atom is 0.309 e. The number of carboxylic acid groups (broad SMARTS) is 1. The van der Waals surface area contributed by atoms with Crippen LogP contribution in [0, 0.1) is 55.7 Å². The van der Waals surface area contributed by atoms with Gasteiger partial charge in [0, 0.05) is 16.7 Å². The van der Waals surface area contributed by atoms with Crippen molar-refractivity contribution in [3.05, 3.63) is 23.3 Å². The molecule has 0 radical (unpaired) electrons. The SMILES string of the molecule is CC1(C)CCC2C(=O)C=C3[C@@]4(C)C=C(C#N)C(=O)C(C)(C)[C@@H]4CC[C@@]3(C)[C@]2(C)CCC(C)(C(=O)O)CC1. The Balaban J connectivity index is 1.91. The third kappa shape index (κ3) is 3.88. The van der Waals surface area contributed by atoms with Crippen LogP contribution in [-0.2, 0) is 14.4 Å². The van der Waals surface area contributed by atoms with Gasteiger partial charge in [0.15, 0.2) is 11.6 Å². The van der Waals surface area contributed by atoms with Gasteiger partial charge in [-0.25, -0.2) is 0 Å². The number of nitriles is 1. The Hall–Kier alpha value is -2.22. The number of carbonyl (C=O) groups is 3. The van der Waals surface area contributed by atoms with Crippen LogP contribution in [0.15, 0.2) is 23.3 Å². The summed E-state index contributed by atoms with van der Waals surface area (Å²) in [4.78, 5) is 39.7. The summed E-state index contributed by atoms with van der Waals surface area (Å²) >= 11 is 0. The molecule has 0 aromatic heterocycles. The minimum atomic E-state index is -0.836. The zero-order chi connectivity index (χ0) is 27.8. The highest BCUT2D eigenvalue weighted by atomic mass is 16.4. The van der Waals surface area contributed by atoms with Crippen LogP contribution in [0.4, 0.5) is 0 Å². The number of ketones is 2. The van der Waals surface area contributed by atoms with Gasteiger partial charge in [-0.3, -0.25) is 14.4 Å². The standard InChI is InChI=1S/C32H45NO4/c1-27(2)11-9-21-22(34)17-24-30(6)18-20(19-33)25(35)28(3,4)23(30)10-12-32(24,8)31(21,7)16-15-29(5,14-13-27)26(36)37/h17-18,21,23H,9-16H2,1-8H3,(H,36,37)/t21?,23-,29?,30-,31+,32+/m0/s1. The summed E-state index contributed by atoms with van der Waals surface area (Å²) in [6.07, 6.45) is 9.76. The first kappa shape index (κ1) is 27.8. The molecule has 0 aromatic rings. The second kappa shape index (κ2) is 8.39. The molecule has 0 amide bonds. The summed E-state index contributed by atoms with van der Waals surface area (Å²) in [6.45, 7) is 16.8. The van der Waals surface area contributed by atoms with E-state index in [9.17, 15) is 24.8 Å². The fraction of sp³-hybridized carbons (Fsp3) is 0.750. The van der Waals surface area contributed by atoms with Crippen molar-refractivity contribution >= 4 is 17.5 Å². The molecule has 202 valence electrons. The maximum absolute atomic E-state index is 14.0. The lowest BCUT2D eigenvalue weighted by Crippen LogP contribution is -2.60. The molecule has 6 atom stereocenters. The van der Waals surface area contributed by atoms with E-state index >= 15 is 0 Å². The Morgan fingerprint density at radius 1 is 0.919 bits per heavy atom. The molecule has 0 saturated heterocycles. The summed E-state index contributed by atoms with van der Waals surface area (Å²) in [6, 6.07) is 2.15. The lowest BCUT2D eigenvalue weighted by atomic mass is 9.38. The summed E-state index contributed by atoms with van der Waals surface area (Å²) in [5.41, 5.74) is -1.67. The smallest absolute Gasteiger partial charge is 0.309 e. The number of nitrogens with zero attached hydrogens (tertiary/aromatic N) is 1. The lowest BCUT2D eigenvalue weighted by molar-refractivity contribution is -0.151. The number of hydrogen-bond acceptors (Lipinski definition) is 4. The predicted octanol–water partition coefficient (Wildman–Crippen LogP) is 7.07. The molecule has 0 spiro atoms. The van der Waals surface area contributed by atoms with E-state index in [0.717, 1.165) is 37.7 Å². The number of aliphatic carboxylic acids is 1. The maximum atomic E-state index is 14.0. The second-order valence-electron chi connectivity index (χ2n) is 14.9. The van der Waals surface area contributed by atoms with Gasteiger partial charge in [0.2, 0.25) is 0 Å². The highest BCUT2D eigenvalue weighted by molar-refractivity contribution is 6.04. The van der Waals surface area contributed by atoms with E-state index in [-0.39, 0.29) is 39.8 Å². The van der Waals surface area contributed by atoms with Crippen molar-refractivity contribution in [3.8, 4) is 6.07 Å². The molecule has 0 aliphatic heterocycles. The topological polar surface area (TPSA) is 95.2 Å². The van der Waals surface area contributed by atoms with Gasteiger partial charge in [-0.05, 0) is 86.5 Å². The van der Waals surface area contributed by atoms with Crippen LogP contribution in [0.2, 0.25) is 0 Å². The predicted molar refractivity (Wildman–Crippen MR) is 143 cm³/mol. The molecule has 2 fully saturated rings. The molecule has 4 aliphatic carbocycles. The van der Waals surface area contributed by atoms with E-state index in [1.54, 1.807) is 0 Å². The number of hydrogen-bond donors (Lipinski definition) is 1. The van der Waals surface area contributed by atoms with Gasteiger partial charge in [0.05, 0.1) is 11.0 Å². The first-order chi connectivity index (χ1) is 16.9. The van der Waals surface area contributed by atoms with Crippen LogP contribution in [0.3, 0.4) is 0 Å². The quantitative estimate of drug-likeness (QED) is 0.409. The van der Waals surface area contributed by atoms with Gasteiger partial charge in [0.25, 0.3) is 0 Å². The van der Waals surface area contributed by atoms with E-state index < -0.39 is 27.6 Å². The van der Waals surface area contributed by atoms with Crippen LogP contribution in [0.1, 0.15) is 107 Å². The van der Waals surface area contributed by atoms with Crippen molar-refractivity contribution in [1.29, 1.82) is 5.26 Å². The van der Waals surface area contributed by atoms with Crippen molar-refractivity contribution < 1.29 is 19.5 Å². The van der Waals surface area contributed by atoms with E-state index in [1.807, 2.05) is 32.9 Å². The first-order valence-corrected chi connectivity index (χ1v) is 14.1. The summed E-state index contributed by atoms with van der Waals surface area (Å²) in [7, 11) is 0. The molecule has 4 aliphatic rings. The molecule has 2 unspecified atom stereocenters. The zero-order valence-corrected chi connectivity index (χ0v) is 24.1. The molecule has 0 aromatic carbocycles. The molecular formula is C32H45NO4. The van der Waals surface area contributed by atoms with Crippen LogP contribution in [-0.4, -0.2) is 22.6 Å². The van der Waals surface area contributed by atoms with Crippen LogP contribution < -0.4 is 0 Å². The zero-order valence-electron chi connectivity index (χ0n) is 24.1. The molecule has 2 saturated carbocycles. The fourth-order valence-electron chi connectivity index (χ4n) is 8.80. The molecule has 37 heavy (non-hydrogen) atoms. The van der Waals surface area contributed by atoms with Gasteiger partial charge >= 0.3 is 5.97 Å². The lowest BCUT2D eigenvalue weighted by Gasteiger charge is -2.65. The van der Waals surface area contributed by atoms with Gasteiger partial charge in [-0.1, -0.05) is 60.1 Å². The van der Waals surface area contributed by atoms with Crippen molar-refractivity contribution in [2.24, 2.45) is 44.3 Å². The Labute approximate surface area is 222 Å². The number of carboxylic acids is 1. The molecule has 0 bridgehead atoms. The number of Topliss-reactive ketones (excluding diaryl/α,β-unsaturated/α-hetero) is 1. The number of allylic oxidation sites excluding steroid dienone is 4. The minimum absolute atomic E-state index is 0.000345. The van der Waals surface area contributed by atoms with Gasteiger partial charge < -0.3 is 5.11 Å². The van der Waals surface area contributed by atoms with E-state index in [1.165, 1.54) is 0 Å². The fourth-order valence-corrected chi connectivity index (χ4v) is 8.80. The molecular weight excluding hydrogens is 462 g/mol. The average molecular weight is 508 g/mol. The third-order valence-electron chi connectivity index (χ3n) is 11.9.